The number of nitro groups is 1. The Bertz CT molecular complexity index is 442. The maximum atomic E-state index is 11.6. The van der Waals surface area contributed by atoms with Crippen molar-refractivity contribution < 1.29 is 14.5 Å². The minimum absolute atomic E-state index is 0.0136. The average molecular weight is 266 g/mol. The minimum Gasteiger partial charge on any atom is -0.464 e. The first kappa shape index (κ1) is 15.1. The summed E-state index contributed by atoms with van der Waals surface area (Å²) in [5.74, 6) is -0.192. The van der Waals surface area contributed by atoms with Crippen molar-refractivity contribution in [1.82, 2.24) is 0 Å². The molecule has 6 nitrogen and oxygen atoms in total. The molecule has 1 aromatic carbocycles. The van der Waals surface area contributed by atoms with Crippen LogP contribution in [0.4, 0.5) is 5.69 Å². The summed E-state index contributed by atoms with van der Waals surface area (Å²) in [6.07, 6.45) is 0.301. The van der Waals surface area contributed by atoms with Gasteiger partial charge in [-0.2, -0.15) is 0 Å². The number of rotatable bonds is 6. The lowest BCUT2D eigenvalue weighted by Gasteiger charge is -2.12. The van der Waals surface area contributed by atoms with Crippen molar-refractivity contribution in [2.45, 2.75) is 26.3 Å². The van der Waals surface area contributed by atoms with Gasteiger partial charge >= 0.3 is 5.97 Å². The Labute approximate surface area is 111 Å². The van der Waals surface area contributed by atoms with E-state index >= 15 is 0 Å². The molecule has 0 heterocycles. The molecule has 0 saturated carbocycles. The summed E-state index contributed by atoms with van der Waals surface area (Å²) >= 11 is 0. The van der Waals surface area contributed by atoms with Crippen LogP contribution in [-0.4, -0.2) is 23.5 Å². The topological polar surface area (TPSA) is 95.5 Å². The van der Waals surface area contributed by atoms with Gasteiger partial charge in [-0.25, -0.2) is 0 Å². The number of hydrogen-bond acceptors (Lipinski definition) is 5. The van der Waals surface area contributed by atoms with Crippen molar-refractivity contribution in [3.8, 4) is 0 Å². The highest BCUT2D eigenvalue weighted by Crippen LogP contribution is 2.13. The van der Waals surface area contributed by atoms with Gasteiger partial charge in [-0.05, 0) is 17.9 Å². The van der Waals surface area contributed by atoms with Crippen LogP contribution in [0.3, 0.4) is 0 Å². The van der Waals surface area contributed by atoms with E-state index in [0.29, 0.717) is 13.0 Å². The lowest BCUT2D eigenvalue weighted by atomic mass is 10.1. The van der Waals surface area contributed by atoms with Crippen LogP contribution in [0.5, 0.6) is 0 Å². The largest absolute Gasteiger partial charge is 0.464 e. The zero-order valence-electron chi connectivity index (χ0n) is 11.0. The summed E-state index contributed by atoms with van der Waals surface area (Å²) in [5, 5.41) is 10.5. The molecule has 2 N–H and O–H groups in total. The highest BCUT2D eigenvalue weighted by molar-refractivity contribution is 5.75. The van der Waals surface area contributed by atoms with Crippen LogP contribution in [0, 0.1) is 16.0 Å². The SMILES string of the molecule is CC(C)COC(=O)[C@@H](N)Cc1ccc([N+](=O)[O-])cc1. The lowest BCUT2D eigenvalue weighted by Crippen LogP contribution is -2.35. The predicted octanol–water partition coefficient (Wildman–Crippen LogP) is 1.66. The van der Waals surface area contributed by atoms with Crippen molar-refractivity contribution in [2.75, 3.05) is 6.61 Å². The van der Waals surface area contributed by atoms with Crippen LogP contribution >= 0.6 is 0 Å². The zero-order chi connectivity index (χ0) is 14.4. The van der Waals surface area contributed by atoms with E-state index in [1.165, 1.54) is 12.1 Å². The second-order valence-electron chi connectivity index (χ2n) is 4.76. The molecular weight excluding hydrogens is 248 g/mol. The van der Waals surface area contributed by atoms with E-state index in [1.807, 2.05) is 13.8 Å². The molecule has 104 valence electrons. The molecule has 19 heavy (non-hydrogen) atoms. The van der Waals surface area contributed by atoms with Crippen LogP contribution < -0.4 is 5.73 Å². The predicted molar refractivity (Wildman–Crippen MR) is 70.6 cm³/mol. The third-order valence-corrected chi connectivity index (χ3v) is 2.46. The lowest BCUT2D eigenvalue weighted by molar-refractivity contribution is -0.384. The number of hydrogen-bond donors (Lipinski definition) is 1. The summed E-state index contributed by atoms with van der Waals surface area (Å²) in [7, 11) is 0. The van der Waals surface area contributed by atoms with E-state index in [4.69, 9.17) is 10.5 Å². The summed E-state index contributed by atoms with van der Waals surface area (Å²) in [4.78, 5) is 21.6. The van der Waals surface area contributed by atoms with Gasteiger partial charge in [0.1, 0.15) is 6.04 Å². The molecule has 0 aromatic heterocycles. The molecule has 0 aliphatic rings. The number of esters is 1. The molecule has 0 fully saturated rings. The normalized spacial score (nSPS) is 12.2. The smallest absolute Gasteiger partial charge is 0.323 e. The minimum atomic E-state index is -0.750. The zero-order valence-corrected chi connectivity index (χ0v) is 11.0. The van der Waals surface area contributed by atoms with Crippen LogP contribution in [-0.2, 0) is 16.0 Å². The van der Waals surface area contributed by atoms with Gasteiger partial charge in [0, 0.05) is 12.1 Å². The Morgan fingerprint density at radius 1 is 1.37 bits per heavy atom. The van der Waals surface area contributed by atoms with Gasteiger partial charge in [-0.3, -0.25) is 14.9 Å². The summed E-state index contributed by atoms with van der Waals surface area (Å²) in [6, 6.07) is 5.21. The molecular formula is C13H18N2O4. The second kappa shape index (κ2) is 6.84. The van der Waals surface area contributed by atoms with E-state index < -0.39 is 16.9 Å². The second-order valence-corrected chi connectivity index (χ2v) is 4.76. The van der Waals surface area contributed by atoms with E-state index in [-0.39, 0.29) is 11.6 Å². The fraction of sp³-hybridized carbons (Fsp3) is 0.462. The quantitative estimate of drug-likeness (QED) is 0.480. The Kier molecular flexibility index (Phi) is 5.44. The Balaban J connectivity index is 2.54. The van der Waals surface area contributed by atoms with Gasteiger partial charge in [-0.1, -0.05) is 26.0 Å². The van der Waals surface area contributed by atoms with Crippen LogP contribution in [0.25, 0.3) is 0 Å². The van der Waals surface area contributed by atoms with Gasteiger partial charge in [0.25, 0.3) is 5.69 Å². The average Bonchev–Trinajstić information content (AvgIpc) is 2.36. The molecule has 0 amide bonds. The highest BCUT2D eigenvalue weighted by atomic mass is 16.6. The van der Waals surface area contributed by atoms with E-state index in [2.05, 4.69) is 0 Å². The molecule has 0 saturated heterocycles. The number of carbonyl (C=O) groups excluding carboxylic acids is 1. The number of non-ortho nitro benzene ring substituents is 1. The molecule has 0 bridgehead atoms. The fourth-order valence-corrected chi connectivity index (χ4v) is 1.45. The third-order valence-electron chi connectivity index (χ3n) is 2.46. The molecule has 0 radical (unpaired) electrons. The highest BCUT2D eigenvalue weighted by Gasteiger charge is 2.16. The first-order chi connectivity index (χ1) is 8.90. The van der Waals surface area contributed by atoms with E-state index in [9.17, 15) is 14.9 Å². The van der Waals surface area contributed by atoms with Crippen molar-refractivity contribution >= 4 is 11.7 Å². The molecule has 0 aliphatic heterocycles. The van der Waals surface area contributed by atoms with Gasteiger partial charge in [0.15, 0.2) is 0 Å². The van der Waals surface area contributed by atoms with Crippen molar-refractivity contribution in [1.29, 1.82) is 0 Å². The van der Waals surface area contributed by atoms with Crippen molar-refractivity contribution in [3.05, 3.63) is 39.9 Å². The number of benzene rings is 1. The molecule has 1 aromatic rings. The molecule has 0 aliphatic carbocycles. The maximum absolute atomic E-state index is 11.6. The number of nitro benzene ring substituents is 1. The van der Waals surface area contributed by atoms with E-state index in [0.717, 1.165) is 5.56 Å². The fourth-order valence-electron chi connectivity index (χ4n) is 1.45. The van der Waals surface area contributed by atoms with Crippen molar-refractivity contribution in [2.24, 2.45) is 11.7 Å². The third kappa shape index (κ3) is 5.05. The number of nitrogens with two attached hydrogens (primary N) is 1. The molecule has 1 atom stereocenters. The first-order valence-corrected chi connectivity index (χ1v) is 6.05. The Morgan fingerprint density at radius 3 is 2.42 bits per heavy atom. The molecule has 0 unspecified atom stereocenters. The van der Waals surface area contributed by atoms with Crippen LogP contribution in [0.2, 0.25) is 0 Å². The van der Waals surface area contributed by atoms with E-state index in [1.54, 1.807) is 12.1 Å². The van der Waals surface area contributed by atoms with Gasteiger partial charge < -0.3 is 10.5 Å². The van der Waals surface area contributed by atoms with Gasteiger partial charge in [0.2, 0.25) is 0 Å². The number of carbonyl (C=O) groups is 1. The molecule has 0 spiro atoms. The first-order valence-electron chi connectivity index (χ1n) is 6.05. The van der Waals surface area contributed by atoms with Gasteiger partial charge in [0.05, 0.1) is 11.5 Å². The van der Waals surface area contributed by atoms with Crippen LogP contribution in [0.15, 0.2) is 24.3 Å². The summed E-state index contributed by atoms with van der Waals surface area (Å²) in [6.45, 7) is 4.22. The standard InChI is InChI=1S/C13H18N2O4/c1-9(2)8-19-13(16)12(14)7-10-3-5-11(6-4-10)15(17)18/h3-6,9,12H,7-8,14H2,1-2H3/t12-/m0/s1. The maximum Gasteiger partial charge on any atom is 0.323 e. The number of ether oxygens (including phenoxy) is 1. The molecule has 6 heteroatoms. The molecule has 1 rings (SSSR count). The summed E-state index contributed by atoms with van der Waals surface area (Å²) in [5.41, 5.74) is 6.50. The van der Waals surface area contributed by atoms with Crippen molar-refractivity contribution in [3.63, 3.8) is 0 Å². The number of nitrogens with zero attached hydrogens (tertiary/aromatic N) is 1. The summed E-state index contributed by atoms with van der Waals surface area (Å²) < 4.78 is 5.03. The van der Waals surface area contributed by atoms with Gasteiger partial charge in [-0.15, -0.1) is 0 Å². The monoisotopic (exact) mass is 266 g/mol. The Hall–Kier alpha value is -1.95. The Morgan fingerprint density at radius 2 is 1.95 bits per heavy atom. The van der Waals surface area contributed by atoms with Crippen LogP contribution in [0.1, 0.15) is 19.4 Å².